The zero-order chi connectivity index (χ0) is 20.4. The van der Waals surface area contributed by atoms with Crippen molar-refractivity contribution in [3.63, 3.8) is 0 Å². The fraction of sp³-hybridized carbons (Fsp3) is 0.421. The summed E-state index contributed by atoms with van der Waals surface area (Å²) in [7, 11) is 1.59. The molecule has 0 saturated heterocycles. The van der Waals surface area contributed by atoms with E-state index in [1.54, 1.807) is 11.8 Å². The van der Waals surface area contributed by atoms with Crippen molar-refractivity contribution >= 4 is 23.6 Å². The fourth-order valence-electron chi connectivity index (χ4n) is 3.15. The van der Waals surface area contributed by atoms with Crippen LogP contribution in [0.2, 0.25) is 0 Å². The third-order valence-electron chi connectivity index (χ3n) is 4.24. The number of hydrogen-bond acceptors (Lipinski definition) is 7. The van der Waals surface area contributed by atoms with Gasteiger partial charge in [-0.2, -0.15) is 4.98 Å². The van der Waals surface area contributed by atoms with Crippen molar-refractivity contribution in [1.82, 2.24) is 14.8 Å². The van der Waals surface area contributed by atoms with Crippen LogP contribution in [0.15, 0.2) is 34.6 Å². The van der Waals surface area contributed by atoms with Gasteiger partial charge in [-0.3, -0.25) is 4.79 Å². The molecule has 0 fully saturated rings. The predicted molar refractivity (Wildman–Crippen MR) is 109 cm³/mol. The van der Waals surface area contributed by atoms with E-state index in [-0.39, 0.29) is 6.10 Å². The first-order valence-electron chi connectivity index (χ1n) is 9.07. The number of allylic oxidation sites excluding steroid dienone is 1. The van der Waals surface area contributed by atoms with Crippen molar-refractivity contribution in [2.75, 3.05) is 18.2 Å². The van der Waals surface area contributed by atoms with E-state index in [0.717, 1.165) is 11.3 Å². The second-order valence-electron chi connectivity index (χ2n) is 6.60. The molecule has 1 amide bonds. The molecule has 2 aromatic rings. The highest BCUT2D eigenvalue weighted by Gasteiger charge is 2.33. The number of ether oxygens (including phenoxy) is 2. The Labute approximate surface area is 168 Å². The molecule has 0 bridgehead atoms. The summed E-state index contributed by atoms with van der Waals surface area (Å²) in [5.74, 6) is 2.12. The molecule has 3 rings (SSSR count). The molecule has 0 radical (unpaired) electrons. The number of amides is 1. The van der Waals surface area contributed by atoms with Gasteiger partial charge >= 0.3 is 0 Å². The number of nitrogens with zero attached hydrogens (tertiary/aromatic N) is 3. The number of carbonyl (C=O) groups is 1. The van der Waals surface area contributed by atoms with Gasteiger partial charge in [-0.1, -0.05) is 24.8 Å². The molecule has 0 saturated carbocycles. The fourth-order valence-corrected chi connectivity index (χ4v) is 3.71. The number of carbonyl (C=O) groups excluding carboxylic acids is 1. The summed E-state index contributed by atoms with van der Waals surface area (Å²) in [6, 6.07) is 5.07. The molecule has 1 aromatic heterocycles. The van der Waals surface area contributed by atoms with Gasteiger partial charge in [-0.05, 0) is 44.2 Å². The van der Waals surface area contributed by atoms with Gasteiger partial charge in [-0.15, -0.1) is 5.10 Å². The number of thioether (sulfide) groups is 1. The monoisotopic (exact) mass is 403 g/mol. The van der Waals surface area contributed by atoms with Gasteiger partial charge in [-0.25, -0.2) is 4.68 Å². The molecule has 1 aromatic carbocycles. The molecule has 3 N–H and O–H groups in total. The normalized spacial score (nSPS) is 16.0. The highest BCUT2D eigenvalue weighted by Crippen LogP contribution is 2.39. The van der Waals surface area contributed by atoms with Crippen LogP contribution in [0.1, 0.15) is 39.3 Å². The molecule has 9 heteroatoms. The first kappa shape index (κ1) is 20.1. The van der Waals surface area contributed by atoms with E-state index in [9.17, 15) is 4.79 Å². The van der Waals surface area contributed by atoms with E-state index in [1.807, 2.05) is 45.9 Å². The zero-order valence-corrected chi connectivity index (χ0v) is 17.5. The number of rotatable bonds is 7. The Balaban J connectivity index is 2.13. The molecule has 28 heavy (non-hydrogen) atoms. The van der Waals surface area contributed by atoms with Crippen molar-refractivity contribution in [2.45, 2.75) is 45.0 Å². The van der Waals surface area contributed by atoms with E-state index in [2.05, 4.69) is 15.4 Å². The van der Waals surface area contributed by atoms with E-state index in [4.69, 9.17) is 15.2 Å². The lowest BCUT2D eigenvalue weighted by molar-refractivity contribution is -0.115. The molecule has 0 spiro atoms. The van der Waals surface area contributed by atoms with E-state index >= 15 is 0 Å². The topological polar surface area (TPSA) is 104 Å². The highest BCUT2D eigenvalue weighted by molar-refractivity contribution is 7.99. The van der Waals surface area contributed by atoms with Gasteiger partial charge < -0.3 is 20.5 Å². The number of anilines is 1. The van der Waals surface area contributed by atoms with Crippen LogP contribution >= 0.6 is 11.8 Å². The summed E-state index contributed by atoms with van der Waals surface area (Å²) in [6.07, 6.45) is 0.0116. The maximum Gasteiger partial charge on any atom is 0.248 e. The van der Waals surface area contributed by atoms with Gasteiger partial charge in [0.15, 0.2) is 11.5 Å². The van der Waals surface area contributed by atoms with Gasteiger partial charge in [0.05, 0.1) is 18.8 Å². The average molecular weight is 404 g/mol. The lowest BCUT2D eigenvalue weighted by Gasteiger charge is -2.28. The molecule has 1 aliphatic rings. The largest absolute Gasteiger partial charge is 0.493 e. The molecular weight excluding hydrogens is 378 g/mol. The van der Waals surface area contributed by atoms with Crippen LogP contribution in [0.25, 0.3) is 0 Å². The lowest BCUT2D eigenvalue weighted by Crippen LogP contribution is -2.31. The van der Waals surface area contributed by atoms with Crippen LogP contribution in [0, 0.1) is 0 Å². The van der Waals surface area contributed by atoms with Gasteiger partial charge in [0.1, 0.15) is 6.04 Å². The molecule has 1 atom stereocenters. The Morgan fingerprint density at radius 1 is 1.39 bits per heavy atom. The van der Waals surface area contributed by atoms with Crippen LogP contribution in [-0.2, 0) is 4.79 Å². The minimum absolute atomic E-state index is 0.0116. The molecular formula is C19H25N5O3S. The maximum absolute atomic E-state index is 12.3. The number of aromatic nitrogens is 3. The van der Waals surface area contributed by atoms with E-state index in [0.29, 0.717) is 33.9 Å². The van der Waals surface area contributed by atoms with Crippen molar-refractivity contribution in [3.8, 4) is 11.5 Å². The van der Waals surface area contributed by atoms with Crippen LogP contribution < -0.4 is 20.5 Å². The number of nitrogens with two attached hydrogens (primary N) is 1. The second-order valence-corrected chi connectivity index (χ2v) is 7.83. The summed E-state index contributed by atoms with van der Waals surface area (Å²) in [5, 5.41) is 8.36. The Morgan fingerprint density at radius 2 is 2.14 bits per heavy atom. The quantitative estimate of drug-likeness (QED) is 0.685. The van der Waals surface area contributed by atoms with Gasteiger partial charge in [0.2, 0.25) is 17.0 Å². The van der Waals surface area contributed by atoms with Crippen molar-refractivity contribution in [2.24, 2.45) is 5.73 Å². The van der Waals surface area contributed by atoms with Crippen LogP contribution in [0.5, 0.6) is 11.5 Å². The predicted octanol–water partition coefficient (Wildman–Crippen LogP) is 2.96. The van der Waals surface area contributed by atoms with Crippen LogP contribution in [0.3, 0.4) is 0 Å². The third-order valence-corrected chi connectivity index (χ3v) is 4.96. The lowest BCUT2D eigenvalue weighted by atomic mass is 9.95. The molecule has 1 aliphatic heterocycles. The molecule has 150 valence electrons. The minimum Gasteiger partial charge on any atom is -0.493 e. The first-order chi connectivity index (χ1) is 13.3. The molecule has 1 unspecified atom stereocenters. The first-order valence-corrected chi connectivity index (χ1v) is 10.1. The zero-order valence-electron chi connectivity index (χ0n) is 16.6. The summed E-state index contributed by atoms with van der Waals surface area (Å²) >= 11 is 1.53. The maximum atomic E-state index is 12.3. The SMILES string of the molecule is CCSc1nc2n(n1)C(c1ccc(OC(C)C)c(OC)c1)C(C(N)=O)=C(C)N2. The van der Waals surface area contributed by atoms with Gasteiger partial charge in [0, 0.05) is 5.70 Å². The minimum atomic E-state index is -0.512. The Kier molecular flexibility index (Phi) is 5.83. The third kappa shape index (κ3) is 3.80. The van der Waals surface area contributed by atoms with Gasteiger partial charge in [0.25, 0.3) is 0 Å². The number of hydrogen-bond donors (Lipinski definition) is 2. The average Bonchev–Trinajstić information content (AvgIpc) is 3.02. The number of methoxy groups -OCH3 is 1. The molecule has 2 heterocycles. The second kappa shape index (κ2) is 8.14. The number of nitrogens with one attached hydrogen (secondary N) is 1. The Morgan fingerprint density at radius 3 is 2.75 bits per heavy atom. The van der Waals surface area contributed by atoms with Crippen molar-refractivity contribution in [3.05, 3.63) is 35.0 Å². The summed E-state index contributed by atoms with van der Waals surface area (Å²) in [5.41, 5.74) is 7.62. The van der Waals surface area contributed by atoms with Crippen LogP contribution in [-0.4, -0.2) is 39.6 Å². The number of benzene rings is 1. The summed E-state index contributed by atoms with van der Waals surface area (Å²) in [6.45, 7) is 7.75. The standard InChI is InChI=1S/C19H25N5O3S/c1-6-28-19-22-18-21-11(4)15(17(20)25)16(24(18)23-19)12-7-8-13(27-10(2)3)14(9-12)26-5/h7-10,16H,6H2,1-5H3,(H2,20,25)(H,21,22,23). The number of primary amides is 1. The van der Waals surface area contributed by atoms with Crippen molar-refractivity contribution < 1.29 is 14.3 Å². The van der Waals surface area contributed by atoms with E-state index in [1.165, 1.54) is 11.8 Å². The van der Waals surface area contributed by atoms with Crippen LogP contribution in [0.4, 0.5) is 5.95 Å². The molecule has 8 nitrogen and oxygen atoms in total. The van der Waals surface area contributed by atoms with Crippen molar-refractivity contribution in [1.29, 1.82) is 0 Å². The Hall–Kier alpha value is -2.68. The van der Waals surface area contributed by atoms with E-state index < -0.39 is 11.9 Å². The summed E-state index contributed by atoms with van der Waals surface area (Å²) in [4.78, 5) is 16.8. The highest BCUT2D eigenvalue weighted by atomic mass is 32.2. The number of fused-ring (bicyclic) bond motifs is 1. The molecule has 0 aliphatic carbocycles. The Bertz CT molecular complexity index is 922. The smallest absolute Gasteiger partial charge is 0.248 e. The summed E-state index contributed by atoms with van der Waals surface area (Å²) < 4.78 is 13.0.